The van der Waals surface area contributed by atoms with Crippen molar-refractivity contribution in [2.45, 2.75) is 75.7 Å². The molecule has 0 unspecified atom stereocenters. The molecule has 0 N–H and O–H groups in total. The lowest BCUT2D eigenvalue weighted by Crippen LogP contribution is -1.27. The SMILES string of the molecule is CC.CC.CC.CC.CCC. The van der Waals surface area contributed by atoms with Crippen molar-refractivity contribution in [2.24, 2.45) is 0 Å². The fourth-order valence-corrected chi connectivity index (χ4v) is 0. The van der Waals surface area contributed by atoms with Crippen molar-refractivity contribution in [1.82, 2.24) is 0 Å². The fourth-order valence-electron chi connectivity index (χ4n) is 0. The van der Waals surface area contributed by atoms with Gasteiger partial charge in [-0.25, -0.2) is 0 Å². The summed E-state index contributed by atoms with van der Waals surface area (Å²) in [6.45, 7) is 20.2. The zero-order chi connectivity index (χ0) is 10.7. The van der Waals surface area contributed by atoms with Crippen LogP contribution in [0.3, 0.4) is 0 Å². The molecule has 0 aliphatic rings. The van der Waals surface area contributed by atoms with E-state index in [9.17, 15) is 0 Å². The summed E-state index contributed by atoms with van der Waals surface area (Å²) in [6.07, 6.45) is 1.25. The van der Waals surface area contributed by atoms with Crippen LogP contribution >= 0.6 is 0 Å². The fraction of sp³-hybridized carbons (Fsp3) is 1.00. The molecule has 0 aromatic carbocycles. The van der Waals surface area contributed by atoms with E-state index in [4.69, 9.17) is 0 Å². The highest BCUT2D eigenvalue weighted by atomic mass is 13.4. The molecular formula is C11H32. The molecule has 0 aromatic heterocycles. The molecule has 0 heterocycles. The molecule has 0 saturated heterocycles. The molecule has 0 fully saturated rings. The molecule has 0 saturated carbocycles. The average Bonchev–Trinajstić information content (AvgIpc) is 2.18. The van der Waals surface area contributed by atoms with Crippen molar-refractivity contribution < 1.29 is 0 Å². The number of rotatable bonds is 0. The van der Waals surface area contributed by atoms with Crippen molar-refractivity contribution in [3.63, 3.8) is 0 Å². The van der Waals surface area contributed by atoms with Gasteiger partial charge in [-0.3, -0.25) is 0 Å². The van der Waals surface area contributed by atoms with Gasteiger partial charge in [-0.1, -0.05) is 75.7 Å². The summed E-state index contributed by atoms with van der Waals surface area (Å²) >= 11 is 0. The molecule has 0 aliphatic heterocycles. The minimum atomic E-state index is 1.25. The van der Waals surface area contributed by atoms with Crippen LogP contribution in [0.5, 0.6) is 0 Å². The van der Waals surface area contributed by atoms with E-state index < -0.39 is 0 Å². The van der Waals surface area contributed by atoms with Crippen molar-refractivity contribution in [1.29, 1.82) is 0 Å². The van der Waals surface area contributed by atoms with E-state index in [0.717, 1.165) is 0 Å². The van der Waals surface area contributed by atoms with Crippen LogP contribution < -0.4 is 0 Å². The highest BCUT2D eigenvalue weighted by molar-refractivity contribution is 3.92. The highest BCUT2D eigenvalue weighted by Gasteiger charge is 1.35. The van der Waals surface area contributed by atoms with E-state index in [1.807, 2.05) is 55.4 Å². The Hall–Kier alpha value is 0. The van der Waals surface area contributed by atoms with Crippen LogP contribution in [0.15, 0.2) is 0 Å². The van der Waals surface area contributed by atoms with Crippen molar-refractivity contribution in [2.75, 3.05) is 0 Å². The van der Waals surface area contributed by atoms with Gasteiger partial charge in [-0.2, -0.15) is 0 Å². The Morgan fingerprint density at radius 3 is 0.455 bits per heavy atom. The Bertz CT molecular complexity index is 0. The quantitative estimate of drug-likeness (QED) is 0.442. The third-order valence-corrected chi connectivity index (χ3v) is 0. The number of hydrogen-bond donors (Lipinski definition) is 0. The van der Waals surface area contributed by atoms with E-state index in [2.05, 4.69) is 13.8 Å². The maximum atomic E-state index is 2.12. The highest BCUT2D eigenvalue weighted by Crippen LogP contribution is 1.56. The number of hydrogen-bond acceptors (Lipinski definition) is 0. The molecule has 0 nitrogen and oxygen atoms in total. The molecule has 0 spiro atoms. The van der Waals surface area contributed by atoms with Crippen LogP contribution in [0.1, 0.15) is 75.7 Å². The first-order chi connectivity index (χ1) is 5.41. The Morgan fingerprint density at radius 1 is 0.455 bits per heavy atom. The predicted octanol–water partition coefficient (Wildman–Crippen LogP) is 5.52. The molecule has 0 radical (unpaired) electrons. The summed E-state index contributed by atoms with van der Waals surface area (Å²) in [4.78, 5) is 0. The van der Waals surface area contributed by atoms with E-state index in [0.29, 0.717) is 0 Å². The molecular weight excluding hydrogens is 132 g/mol. The van der Waals surface area contributed by atoms with E-state index >= 15 is 0 Å². The van der Waals surface area contributed by atoms with Crippen molar-refractivity contribution >= 4 is 0 Å². The van der Waals surface area contributed by atoms with Gasteiger partial charge in [0.15, 0.2) is 0 Å². The van der Waals surface area contributed by atoms with E-state index in [1.165, 1.54) is 6.42 Å². The molecule has 0 aliphatic carbocycles. The first-order valence-electron chi connectivity index (χ1n) is 5.41. The maximum absolute atomic E-state index is 2.12. The summed E-state index contributed by atoms with van der Waals surface area (Å²) < 4.78 is 0. The van der Waals surface area contributed by atoms with Crippen LogP contribution in [-0.2, 0) is 0 Å². The van der Waals surface area contributed by atoms with Gasteiger partial charge < -0.3 is 0 Å². The van der Waals surface area contributed by atoms with Gasteiger partial charge in [-0.05, 0) is 0 Å². The lowest BCUT2D eigenvalue weighted by Gasteiger charge is -1.48. The van der Waals surface area contributed by atoms with Crippen LogP contribution in [0, 0.1) is 0 Å². The van der Waals surface area contributed by atoms with Gasteiger partial charge in [0.05, 0.1) is 0 Å². The smallest absolute Gasteiger partial charge is 0.0590 e. The molecule has 0 rings (SSSR count). The Labute approximate surface area is 76.4 Å². The van der Waals surface area contributed by atoms with Gasteiger partial charge in [0.25, 0.3) is 0 Å². The summed E-state index contributed by atoms with van der Waals surface area (Å²) in [7, 11) is 0. The van der Waals surface area contributed by atoms with Gasteiger partial charge in [-0.15, -0.1) is 0 Å². The van der Waals surface area contributed by atoms with Gasteiger partial charge in [0, 0.05) is 0 Å². The van der Waals surface area contributed by atoms with Gasteiger partial charge >= 0.3 is 0 Å². The lowest BCUT2D eigenvalue weighted by molar-refractivity contribution is 1.09. The lowest BCUT2D eigenvalue weighted by atomic mass is 10.6. The Kier molecular flexibility index (Phi) is 2250. The monoisotopic (exact) mass is 164 g/mol. The molecule has 0 atom stereocenters. The molecule has 0 bridgehead atoms. The van der Waals surface area contributed by atoms with Gasteiger partial charge in [0.1, 0.15) is 0 Å². The second kappa shape index (κ2) is 810. The first kappa shape index (κ1) is 30.6. The second-order valence-electron chi connectivity index (χ2n) is 0.707. The molecule has 76 valence electrons. The summed E-state index contributed by atoms with van der Waals surface area (Å²) in [5.74, 6) is 0. The van der Waals surface area contributed by atoms with Crippen molar-refractivity contribution in [3.05, 3.63) is 0 Å². The van der Waals surface area contributed by atoms with Gasteiger partial charge in [0.2, 0.25) is 0 Å². The molecule has 0 aromatic rings. The standard InChI is InChI=1S/C3H8.4C2H6/c1-3-2;4*1-2/h3H2,1-2H3;4*1-2H3. The molecule has 11 heavy (non-hydrogen) atoms. The Morgan fingerprint density at radius 2 is 0.455 bits per heavy atom. The van der Waals surface area contributed by atoms with Crippen LogP contribution in [-0.4, -0.2) is 0 Å². The van der Waals surface area contributed by atoms with Crippen LogP contribution in [0.4, 0.5) is 0 Å². The normalized spacial score (nSPS) is 3.82. The zero-order valence-electron chi connectivity index (χ0n) is 10.7. The van der Waals surface area contributed by atoms with Crippen molar-refractivity contribution in [3.8, 4) is 0 Å². The third kappa shape index (κ3) is 0. The second-order valence-corrected chi connectivity index (χ2v) is 0.707. The summed E-state index contributed by atoms with van der Waals surface area (Å²) in [5.41, 5.74) is 0. The molecule has 0 amide bonds. The average molecular weight is 164 g/mol. The zero-order valence-corrected chi connectivity index (χ0v) is 10.7. The summed E-state index contributed by atoms with van der Waals surface area (Å²) in [5, 5.41) is 0. The Balaban J connectivity index is -0.0000000139. The minimum Gasteiger partial charge on any atom is -0.0683 e. The van der Waals surface area contributed by atoms with Crippen LogP contribution in [0.2, 0.25) is 0 Å². The topological polar surface area (TPSA) is 0 Å². The largest absolute Gasteiger partial charge is 0.0683 e. The first-order valence-corrected chi connectivity index (χ1v) is 5.41. The predicted molar refractivity (Wildman–Crippen MR) is 61.4 cm³/mol. The molecule has 0 heteroatoms. The van der Waals surface area contributed by atoms with E-state index in [1.54, 1.807) is 0 Å². The summed E-state index contributed by atoms with van der Waals surface area (Å²) in [6, 6.07) is 0. The maximum Gasteiger partial charge on any atom is -0.0590 e. The van der Waals surface area contributed by atoms with E-state index in [-0.39, 0.29) is 0 Å². The minimum absolute atomic E-state index is 1.25. The van der Waals surface area contributed by atoms with Crippen LogP contribution in [0.25, 0.3) is 0 Å². The third-order valence-electron chi connectivity index (χ3n) is 0.